The van der Waals surface area contributed by atoms with Crippen LogP contribution >= 0.6 is 11.6 Å². The van der Waals surface area contributed by atoms with E-state index in [2.05, 4.69) is 13.0 Å². The number of para-hydroxylation sites is 1. The standard InChI is InChI=1S/C37H36AsClN2O4/c1-25-23-33(38(26(2)42)30-18-20-31(39)21-19-30)32-11-6-7-12-35(32)41(25)36(43)29-16-14-28(15-17-29)34-13-8-22-40(34)37(44)45-24-27-9-4-3-5-10-27/h3-7,9-12,14-21,25,33-34H,8,13,22-24H2,1-2H3/t25-,33-,34?,38?/m1/s1. The summed E-state index contributed by atoms with van der Waals surface area (Å²) in [6.07, 6.45) is 2.14. The van der Waals surface area contributed by atoms with E-state index >= 15 is 0 Å². The van der Waals surface area contributed by atoms with Gasteiger partial charge in [-0.25, -0.2) is 4.79 Å². The molecule has 8 heteroatoms. The van der Waals surface area contributed by atoms with Gasteiger partial charge < -0.3 is 4.74 Å². The third-order valence-corrected chi connectivity index (χ3v) is 14.6. The second-order valence-corrected chi connectivity index (χ2v) is 17.4. The van der Waals surface area contributed by atoms with Gasteiger partial charge in [0, 0.05) is 0 Å². The molecular formula is C37H36AsClN2O4. The second-order valence-electron chi connectivity index (χ2n) is 11.7. The summed E-state index contributed by atoms with van der Waals surface area (Å²) in [6, 6.07) is 32.9. The van der Waals surface area contributed by atoms with Gasteiger partial charge in [-0.1, -0.05) is 30.3 Å². The summed E-state index contributed by atoms with van der Waals surface area (Å²) in [5.41, 5.74) is 4.46. The van der Waals surface area contributed by atoms with Gasteiger partial charge in [-0.15, -0.1) is 0 Å². The molecule has 4 aromatic carbocycles. The van der Waals surface area contributed by atoms with Crippen molar-refractivity contribution in [1.82, 2.24) is 4.90 Å². The average molecular weight is 683 g/mol. The fourth-order valence-electron chi connectivity index (χ4n) is 6.64. The Bertz CT molecular complexity index is 1680. The van der Waals surface area contributed by atoms with Crippen LogP contribution in [-0.2, 0) is 16.1 Å². The second kappa shape index (κ2) is 13.6. The van der Waals surface area contributed by atoms with Crippen LogP contribution in [-0.4, -0.2) is 48.7 Å². The van der Waals surface area contributed by atoms with Gasteiger partial charge in [0.05, 0.1) is 0 Å². The van der Waals surface area contributed by atoms with Crippen LogP contribution in [0.15, 0.2) is 103 Å². The SMILES string of the molecule is CC(=O)[As](c1ccc(Cl)cc1)[C@@H]1C[C@@H](C)N(C(=O)c2ccc(C3CCCN3C(=O)OCc3ccccc3)cc2)c2ccccc21. The number of hydrogen-bond donors (Lipinski definition) is 0. The molecule has 6 nitrogen and oxygen atoms in total. The van der Waals surface area contributed by atoms with E-state index in [-0.39, 0.29) is 40.0 Å². The van der Waals surface area contributed by atoms with Crippen molar-refractivity contribution in [3.8, 4) is 0 Å². The van der Waals surface area contributed by atoms with E-state index in [1.807, 2.05) is 102 Å². The molecule has 0 aromatic heterocycles. The number of ether oxygens (including phenoxy) is 1. The molecule has 2 amide bonds. The van der Waals surface area contributed by atoms with Crippen LogP contribution in [0.3, 0.4) is 0 Å². The van der Waals surface area contributed by atoms with Crippen molar-refractivity contribution in [1.29, 1.82) is 0 Å². The van der Waals surface area contributed by atoms with E-state index in [1.54, 1.807) is 11.8 Å². The molecule has 1 saturated heterocycles. The first-order valence-corrected chi connectivity index (χ1v) is 18.7. The Morgan fingerprint density at radius 3 is 2.29 bits per heavy atom. The van der Waals surface area contributed by atoms with E-state index < -0.39 is 14.7 Å². The van der Waals surface area contributed by atoms with Crippen LogP contribution < -0.4 is 9.25 Å². The predicted octanol–water partition coefficient (Wildman–Crippen LogP) is 7.41. The number of carbonyl (C=O) groups is 3. The Kier molecular flexibility index (Phi) is 9.44. The number of nitrogens with zero attached hydrogens (tertiary/aromatic N) is 2. The number of anilines is 1. The first-order chi connectivity index (χ1) is 21.8. The fraction of sp³-hybridized carbons (Fsp3) is 0.270. The van der Waals surface area contributed by atoms with E-state index in [9.17, 15) is 14.4 Å². The van der Waals surface area contributed by atoms with Gasteiger partial charge in [0.15, 0.2) is 0 Å². The summed E-state index contributed by atoms with van der Waals surface area (Å²) >= 11 is 3.96. The van der Waals surface area contributed by atoms with E-state index in [0.29, 0.717) is 23.6 Å². The third kappa shape index (κ3) is 6.59. The van der Waals surface area contributed by atoms with Gasteiger partial charge in [-0.05, 0) is 5.56 Å². The Balaban J connectivity index is 1.21. The van der Waals surface area contributed by atoms with Gasteiger partial charge in [0.25, 0.3) is 0 Å². The van der Waals surface area contributed by atoms with Crippen molar-refractivity contribution < 1.29 is 19.1 Å². The molecule has 0 spiro atoms. The number of fused-ring (bicyclic) bond motifs is 1. The van der Waals surface area contributed by atoms with Crippen LogP contribution in [0, 0.1) is 0 Å². The maximum atomic E-state index is 14.1. The van der Waals surface area contributed by atoms with E-state index in [1.165, 1.54) is 0 Å². The van der Waals surface area contributed by atoms with Crippen LogP contribution in [0.4, 0.5) is 10.5 Å². The zero-order valence-corrected chi connectivity index (χ0v) is 28.1. The van der Waals surface area contributed by atoms with E-state index in [0.717, 1.165) is 39.6 Å². The molecule has 0 saturated carbocycles. The number of hydrogen-bond acceptors (Lipinski definition) is 4. The topological polar surface area (TPSA) is 66.9 Å². The van der Waals surface area contributed by atoms with Gasteiger partial charge >= 0.3 is 223 Å². The first-order valence-electron chi connectivity index (χ1n) is 15.4. The summed E-state index contributed by atoms with van der Waals surface area (Å²) < 4.78 is 7.01. The molecule has 0 aliphatic carbocycles. The quantitative estimate of drug-likeness (QED) is 0.191. The number of amides is 2. The number of halogens is 1. The Morgan fingerprint density at radius 2 is 1.58 bits per heavy atom. The number of benzene rings is 4. The number of carbonyl (C=O) groups excluding carboxylic acids is 3. The molecular weight excluding hydrogens is 647 g/mol. The molecule has 4 atom stereocenters. The molecule has 0 radical (unpaired) electrons. The average Bonchev–Trinajstić information content (AvgIpc) is 3.55. The van der Waals surface area contributed by atoms with E-state index in [4.69, 9.17) is 16.3 Å². The van der Waals surface area contributed by atoms with Crippen LogP contribution in [0.1, 0.15) is 70.9 Å². The van der Waals surface area contributed by atoms with Crippen molar-refractivity contribution in [2.24, 2.45) is 0 Å². The molecule has 2 aliphatic rings. The molecule has 45 heavy (non-hydrogen) atoms. The molecule has 230 valence electrons. The normalized spacial score (nSPS) is 19.9. The van der Waals surface area contributed by atoms with Crippen molar-refractivity contribution in [3.05, 3.63) is 130 Å². The zero-order chi connectivity index (χ0) is 31.5. The fourth-order valence-corrected chi connectivity index (χ4v) is 12.3. The number of likely N-dealkylation sites (tertiary alicyclic amines) is 1. The minimum absolute atomic E-state index is 0.0705. The summed E-state index contributed by atoms with van der Waals surface area (Å²) in [4.78, 5) is 43.9. The molecule has 0 bridgehead atoms. The van der Waals surface area contributed by atoms with Crippen molar-refractivity contribution in [2.75, 3.05) is 11.4 Å². The molecule has 0 N–H and O–H groups in total. The van der Waals surface area contributed by atoms with Crippen molar-refractivity contribution in [3.63, 3.8) is 0 Å². The Morgan fingerprint density at radius 1 is 0.889 bits per heavy atom. The summed E-state index contributed by atoms with van der Waals surface area (Å²) in [6.45, 7) is 4.65. The Hall–Kier alpha value is -3.86. The zero-order valence-electron chi connectivity index (χ0n) is 25.4. The van der Waals surface area contributed by atoms with Gasteiger partial charge in [0.1, 0.15) is 6.61 Å². The molecule has 6 rings (SSSR count). The van der Waals surface area contributed by atoms with Gasteiger partial charge in [0.2, 0.25) is 0 Å². The van der Waals surface area contributed by atoms with Gasteiger partial charge in [-0.3, -0.25) is 0 Å². The van der Waals surface area contributed by atoms with Crippen LogP contribution in [0.5, 0.6) is 0 Å². The van der Waals surface area contributed by atoms with Crippen molar-refractivity contribution in [2.45, 2.75) is 56.5 Å². The first kappa shape index (κ1) is 31.1. The third-order valence-electron chi connectivity index (χ3n) is 8.77. The monoisotopic (exact) mass is 682 g/mol. The predicted molar refractivity (Wildman–Crippen MR) is 179 cm³/mol. The Labute approximate surface area is 274 Å². The molecule has 4 aromatic rings. The van der Waals surface area contributed by atoms with Crippen LogP contribution in [0.2, 0.25) is 5.02 Å². The van der Waals surface area contributed by atoms with Crippen LogP contribution in [0.25, 0.3) is 0 Å². The minimum atomic E-state index is -2.20. The maximum absolute atomic E-state index is 14.1. The molecule has 2 heterocycles. The molecule has 1 fully saturated rings. The van der Waals surface area contributed by atoms with Gasteiger partial charge in [-0.2, -0.15) is 0 Å². The van der Waals surface area contributed by atoms with Crippen molar-refractivity contribution >= 4 is 52.9 Å². The summed E-state index contributed by atoms with van der Waals surface area (Å²) in [5, 5.41) is 0.653. The number of rotatable bonds is 7. The molecule has 2 unspecified atom stereocenters. The molecule has 2 aliphatic heterocycles. The summed E-state index contributed by atoms with van der Waals surface area (Å²) in [5.74, 6) is -0.0705. The summed E-state index contributed by atoms with van der Waals surface area (Å²) in [7, 11) is 0.